The van der Waals surface area contributed by atoms with Crippen LogP contribution in [0.4, 0.5) is 5.69 Å². The Morgan fingerprint density at radius 1 is 0.933 bits per heavy atom. The average Bonchev–Trinajstić information content (AvgIpc) is 3.32. The molecule has 1 heterocycles. The van der Waals surface area contributed by atoms with Crippen LogP contribution in [-0.2, 0) is 13.2 Å². The van der Waals surface area contributed by atoms with Crippen molar-refractivity contribution in [1.82, 2.24) is 14.9 Å². The minimum Gasteiger partial charge on any atom is -0.489 e. The zero-order chi connectivity index (χ0) is 20.8. The van der Waals surface area contributed by atoms with Gasteiger partial charge in [0.1, 0.15) is 31.1 Å². The van der Waals surface area contributed by atoms with Gasteiger partial charge in [0.25, 0.3) is 0 Å². The van der Waals surface area contributed by atoms with Crippen molar-refractivity contribution < 1.29 is 4.74 Å². The smallest absolute Gasteiger partial charge is 0.139 e. The summed E-state index contributed by atoms with van der Waals surface area (Å²) < 4.78 is 8.43. The molecular formula is C23H18BrN5O. The van der Waals surface area contributed by atoms with Gasteiger partial charge in [-0.15, -0.1) is 10.2 Å². The van der Waals surface area contributed by atoms with Gasteiger partial charge < -0.3 is 4.74 Å². The summed E-state index contributed by atoms with van der Waals surface area (Å²) in [7, 11) is 0. The highest BCUT2D eigenvalue weighted by atomic mass is 79.9. The molecule has 0 saturated carbocycles. The van der Waals surface area contributed by atoms with Crippen LogP contribution in [0.5, 0.6) is 5.75 Å². The topological polar surface area (TPSA) is 67.0 Å². The van der Waals surface area contributed by atoms with Gasteiger partial charge in [0.15, 0.2) is 0 Å². The Morgan fingerprint density at radius 3 is 2.33 bits per heavy atom. The minimum absolute atomic E-state index is 0.534. The maximum Gasteiger partial charge on any atom is 0.139 e. The number of hydrogen-bond acceptors (Lipinski definition) is 5. The van der Waals surface area contributed by atoms with Crippen molar-refractivity contribution in [2.75, 3.05) is 5.01 Å². The van der Waals surface area contributed by atoms with Gasteiger partial charge in [-0.1, -0.05) is 42.5 Å². The lowest BCUT2D eigenvalue weighted by Crippen LogP contribution is -2.27. The number of ether oxygens (including phenoxy) is 1. The van der Waals surface area contributed by atoms with Crippen LogP contribution >= 0.6 is 15.9 Å². The number of hydrogen-bond donors (Lipinski definition) is 0. The van der Waals surface area contributed by atoms with E-state index in [1.54, 1.807) is 18.7 Å². The predicted molar refractivity (Wildman–Crippen MR) is 118 cm³/mol. The third-order valence-electron chi connectivity index (χ3n) is 4.56. The highest BCUT2D eigenvalue weighted by molar-refractivity contribution is 9.10. The fourth-order valence-electron chi connectivity index (χ4n) is 2.99. The molecule has 0 fully saturated rings. The van der Waals surface area contributed by atoms with Crippen LogP contribution in [0.3, 0.4) is 0 Å². The monoisotopic (exact) mass is 459 g/mol. The molecule has 0 atom stereocenters. The number of nitriles is 1. The van der Waals surface area contributed by atoms with E-state index >= 15 is 0 Å². The molecule has 0 aliphatic heterocycles. The van der Waals surface area contributed by atoms with Gasteiger partial charge in [0.2, 0.25) is 0 Å². The minimum atomic E-state index is 0.534. The van der Waals surface area contributed by atoms with Crippen LogP contribution < -0.4 is 9.75 Å². The van der Waals surface area contributed by atoms with Crippen molar-refractivity contribution in [1.29, 1.82) is 5.26 Å². The molecule has 6 nitrogen and oxygen atoms in total. The first kappa shape index (κ1) is 19.7. The zero-order valence-corrected chi connectivity index (χ0v) is 17.6. The Labute approximate surface area is 183 Å². The van der Waals surface area contributed by atoms with Crippen LogP contribution in [0.1, 0.15) is 16.7 Å². The second kappa shape index (κ2) is 9.25. The number of benzene rings is 3. The molecule has 4 aromatic rings. The summed E-state index contributed by atoms with van der Waals surface area (Å²) in [4.78, 5) is 0. The van der Waals surface area contributed by atoms with E-state index in [4.69, 9.17) is 4.74 Å². The van der Waals surface area contributed by atoms with Crippen molar-refractivity contribution in [3.8, 4) is 11.8 Å². The van der Waals surface area contributed by atoms with E-state index in [2.05, 4.69) is 32.2 Å². The van der Waals surface area contributed by atoms with Crippen LogP contribution in [0.25, 0.3) is 0 Å². The summed E-state index contributed by atoms with van der Waals surface area (Å²) in [5.41, 5.74) is 3.72. The van der Waals surface area contributed by atoms with Gasteiger partial charge in [-0.25, -0.2) is 4.68 Å². The van der Waals surface area contributed by atoms with Gasteiger partial charge in [-0.05, 0) is 57.4 Å². The Bertz CT molecular complexity index is 1140. The molecule has 0 amide bonds. The summed E-state index contributed by atoms with van der Waals surface area (Å²) >= 11 is 3.46. The summed E-state index contributed by atoms with van der Waals surface area (Å²) in [5, 5.41) is 19.0. The number of aromatic nitrogens is 3. The highest BCUT2D eigenvalue weighted by Gasteiger charge is 2.12. The van der Waals surface area contributed by atoms with Crippen LogP contribution in [0.15, 0.2) is 89.9 Å². The van der Waals surface area contributed by atoms with Gasteiger partial charge in [0.05, 0.1) is 17.8 Å². The van der Waals surface area contributed by atoms with Crippen molar-refractivity contribution in [3.63, 3.8) is 0 Å². The second-order valence-corrected chi connectivity index (χ2v) is 7.45. The lowest BCUT2D eigenvalue weighted by atomic mass is 10.2. The molecule has 0 saturated heterocycles. The predicted octanol–water partition coefficient (Wildman–Crippen LogP) is 4.96. The molecule has 0 N–H and O–H groups in total. The van der Waals surface area contributed by atoms with Gasteiger partial charge >= 0.3 is 0 Å². The summed E-state index contributed by atoms with van der Waals surface area (Å²) in [6.07, 6.45) is 3.28. The van der Waals surface area contributed by atoms with E-state index in [0.717, 1.165) is 27.0 Å². The zero-order valence-electron chi connectivity index (χ0n) is 16.0. The van der Waals surface area contributed by atoms with E-state index in [1.807, 2.05) is 76.4 Å². The van der Waals surface area contributed by atoms with Crippen molar-refractivity contribution in [2.45, 2.75) is 13.2 Å². The molecule has 0 spiro atoms. The first-order valence-electron chi connectivity index (χ1n) is 9.31. The Morgan fingerprint density at radius 2 is 1.67 bits per heavy atom. The van der Waals surface area contributed by atoms with Crippen molar-refractivity contribution in [2.24, 2.45) is 0 Å². The van der Waals surface area contributed by atoms with Crippen molar-refractivity contribution >= 4 is 21.6 Å². The van der Waals surface area contributed by atoms with Crippen LogP contribution in [-0.4, -0.2) is 14.9 Å². The molecule has 0 bridgehead atoms. The number of rotatable bonds is 7. The number of anilines is 1. The van der Waals surface area contributed by atoms with E-state index in [1.165, 1.54) is 0 Å². The highest BCUT2D eigenvalue weighted by Crippen LogP contribution is 2.26. The molecule has 1 aromatic heterocycles. The first-order chi connectivity index (χ1) is 14.7. The third-order valence-corrected chi connectivity index (χ3v) is 5.22. The second-order valence-electron chi connectivity index (χ2n) is 6.59. The normalized spacial score (nSPS) is 10.4. The molecule has 0 unspecified atom stereocenters. The first-order valence-corrected chi connectivity index (χ1v) is 10.1. The Kier molecular flexibility index (Phi) is 6.06. The summed E-state index contributed by atoms with van der Waals surface area (Å²) in [6.45, 7) is 1.13. The molecule has 148 valence electrons. The molecule has 0 radical (unpaired) electrons. The fraction of sp³-hybridized carbons (Fsp3) is 0.0870. The molecule has 0 aliphatic carbocycles. The Balaban J connectivity index is 1.51. The SMILES string of the molecule is N#Cc1ccc(N(Cc2ccc(OCc3ccccc3)cc2)n2cnnc2)cc1Br. The summed E-state index contributed by atoms with van der Waals surface area (Å²) in [6, 6.07) is 25.9. The van der Waals surface area contributed by atoms with Gasteiger partial charge in [0, 0.05) is 4.47 Å². The quantitative estimate of drug-likeness (QED) is 0.390. The molecule has 30 heavy (non-hydrogen) atoms. The van der Waals surface area contributed by atoms with Crippen LogP contribution in [0.2, 0.25) is 0 Å². The third kappa shape index (κ3) is 4.67. The molecule has 7 heteroatoms. The van der Waals surface area contributed by atoms with Crippen LogP contribution in [0, 0.1) is 11.3 Å². The summed E-state index contributed by atoms with van der Waals surface area (Å²) in [5.74, 6) is 0.819. The maximum atomic E-state index is 9.18. The largest absolute Gasteiger partial charge is 0.489 e. The average molecular weight is 460 g/mol. The standard InChI is InChI=1S/C23H18BrN5O/c24-23-12-21(9-8-20(23)13-25)29(28-16-26-27-17-28)14-18-6-10-22(11-7-18)30-15-19-4-2-1-3-5-19/h1-12,16-17H,14-15H2. The molecule has 3 aromatic carbocycles. The van der Waals surface area contributed by atoms with E-state index in [-0.39, 0.29) is 0 Å². The lowest BCUT2D eigenvalue weighted by Gasteiger charge is -2.25. The fourth-order valence-corrected chi connectivity index (χ4v) is 3.44. The lowest BCUT2D eigenvalue weighted by molar-refractivity contribution is 0.306. The van der Waals surface area contributed by atoms with Gasteiger partial charge in [-0.2, -0.15) is 5.26 Å². The molecule has 0 aliphatic rings. The maximum absolute atomic E-state index is 9.18. The molecular weight excluding hydrogens is 442 g/mol. The van der Waals surface area contributed by atoms with Crippen molar-refractivity contribution in [3.05, 3.63) is 107 Å². The number of nitrogens with zero attached hydrogens (tertiary/aromatic N) is 5. The van der Waals surface area contributed by atoms with E-state index in [0.29, 0.717) is 18.7 Å². The number of halogens is 1. The van der Waals surface area contributed by atoms with Gasteiger partial charge in [-0.3, -0.25) is 5.01 Å². The van der Waals surface area contributed by atoms with E-state index in [9.17, 15) is 5.26 Å². The Hall–Kier alpha value is -3.63. The molecule has 4 rings (SSSR count). The van der Waals surface area contributed by atoms with E-state index < -0.39 is 0 Å².